The van der Waals surface area contributed by atoms with E-state index in [-0.39, 0.29) is 17.9 Å². The number of hydrogen-bond donors (Lipinski definition) is 2. The highest BCUT2D eigenvalue weighted by molar-refractivity contribution is 5.90. The molecule has 0 spiro atoms. The summed E-state index contributed by atoms with van der Waals surface area (Å²) in [7, 11) is 0. The third-order valence-electron chi connectivity index (χ3n) is 3.55. The monoisotopic (exact) mass is 399 g/mol. The number of anilines is 1. The largest absolute Gasteiger partial charge is 0.426 e. The van der Waals surface area contributed by atoms with Gasteiger partial charge in [0.05, 0.1) is 13.0 Å². The van der Waals surface area contributed by atoms with Gasteiger partial charge >= 0.3 is 12.4 Å². The molecule has 1 heterocycles. The van der Waals surface area contributed by atoms with Crippen LogP contribution in [0.5, 0.6) is 0 Å². The van der Waals surface area contributed by atoms with Crippen LogP contribution in [0.4, 0.5) is 36.6 Å². The fraction of sp³-hybridized carbons (Fsp3) is 0.333. The molecular formula is C15H12F7N3O2. The number of alkyl halides is 6. The predicted octanol–water partition coefficient (Wildman–Crippen LogP) is 3.25. The molecule has 2 aromatic rings. The molecule has 0 bridgehead atoms. The minimum absolute atomic E-state index is 0.0857. The maximum absolute atomic E-state index is 13.5. The van der Waals surface area contributed by atoms with Gasteiger partial charge in [-0.05, 0) is 6.07 Å². The smallest absolute Gasteiger partial charge is 0.373 e. The molecule has 2 N–H and O–H groups in total. The van der Waals surface area contributed by atoms with Gasteiger partial charge in [-0.3, -0.25) is 9.48 Å². The quantitative estimate of drug-likeness (QED) is 0.759. The fourth-order valence-electron chi connectivity index (χ4n) is 2.10. The highest BCUT2D eigenvalue weighted by Gasteiger charge is 2.71. The Balaban J connectivity index is 2.08. The Morgan fingerprint density at radius 2 is 1.67 bits per heavy atom. The van der Waals surface area contributed by atoms with E-state index in [2.05, 4.69) is 5.10 Å². The van der Waals surface area contributed by atoms with E-state index in [1.165, 1.54) is 24.4 Å². The van der Waals surface area contributed by atoms with Crippen LogP contribution < -0.4 is 5.32 Å². The first-order chi connectivity index (χ1) is 12.3. The normalized spacial score (nSPS) is 12.9. The molecule has 0 aliphatic heterocycles. The number of hydrogen-bond acceptors (Lipinski definition) is 3. The van der Waals surface area contributed by atoms with Crippen LogP contribution in [-0.4, -0.2) is 38.7 Å². The van der Waals surface area contributed by atoms with Gasteiger partial charge in [0.25, 0.3) is 5.60 Å². The van der Waals surface area contributed by atoms with Crippen molar-refractivity contribution in [3.8, 4) is 0 Å². The Morgan fingerprint density at radius 1 is 1.07 bits per heavy atom. The molecule has 12 heteroatoms. The molecule has 1 aromatic heterocycles. The summed E-state index contributed by atoms with van der Waals surface area (Å²) in [5, 5.41) is 14.4. The zero-order valence-electron chi connectivity index (χ0n) is 13.3. The summed E-state index contributed by atoms with van der Waals surface area (Å²) in [6.07, 6.45) is -13.3. The van der Waals surface area contributed by atoms with E-state index in [4.69, 9.17) is 5.11 Å². The highest BCUT2D eigenvalue weighted by atomic mass is 19.4. The van der Waals surface area contributed by atoms with Gasteiger partial charge in [-0.1, -0.05) is 18.2 Å². The van der Waals surface area contributed by atoms with Crippen LogP contribution in [0.2, 0.25) is 0 Å². The van der Waals surface area contributed by atoms with Crippen LogP contribution >= 0.6 is 0 Å². The number of nitrogens with one attached hydrogen (secondary N) is 1. The molecule has 0 aliphatic carbocycles. The number of benzene rings is 1. The van der Waals surface area contributed by atoms with Crippen LogP contribution in [0.3, 0.4) is 0 Å². The summed E-state index contributed by atoms with van der Waals surface area (Å²) in [5.74, 6) is -2.65. The molecule has 148 valence electrons. The first-order valence-electron chi connectivity index (χ1n) is 7.26. The number of halogens is 7. The van der Waals surface area contributed by atoms with E-state index in [9.17, 15) is 35.5 Å². The van der Waals surface area contributed by atoms with Crippen LogP contribution in [-0.2, 0) is 11.3 Å². The van der Waals surface area contributed by atoms with Crippen molar-refractivity contribution < 1.29 is 40.6 Å². The fourth-order valence-corrected chi connectivity index (χ4v) is 2.10. The van der Waals surface area contributed by atoms with Crippen molar-refractivity contribution in [3.05, 3.63) is 47.9 Å². The third kappa shape index (κ3) is 4.56. The Morgan fingerprint density at radius 3 is 2.22 bits per heavy atom. The second-order valence-corrected chi connectivity index (χ2v) is 5.57. The molecular weight excluding hydrogens is 387 g/mol. The lowest BCUT2D eigenvalue weighted by Crippen LogP contribution is -2.58. The Kier molecular flexibility index (Phi) is 5.50. The number of carbonyl (C=O) groups excluding carboxylic acids is 1. The highest BCUT2D eigenvalue weighted by Crippen LogP contribution is 2.45. The van der Waals surface area contributed by atoms with E-state index in [0.717, 1.165) is 10.7 Å². The number of amides is 1. The van der Waals surface area contributed by atoms with Crippen molar-refractivity contribution in [2.24, 2.45) is 0 Å². The van der Waals surface area contributed by atoms with E-state index in [0.29, 0.717) is 0 Å². The van der Waals surface area contributed by atoms with E-state index < -0.39 is 36.1 Å². The Labute approximate surface area is 147 Å². The molecule has 0 aliphatic rings. The number of rotatable bonds is 5. The number of aromatic nitrogens is 2. The summed E-state index contributed by atoms with van der Waals surface area (Å²) in [6.45, 7) is -0.0857. The van der Waals surface area contributed by atoms with Gasteiger partial charge in [-0.15, -0.1) is 0 Å². The second-order valence-electron chi connectivity index (χ2n) is 5.57. The Bertz CT molecular complexity index is 800. The number of nitrogens with zero attached hydrogens (tertiary/aromatic N) is 2. The van der Waals surface area contributed by atoms with Gasteiger partial charge in [0.15, 0.2) is 5.82 Å². The van der Waals surface area contributed by atoms with Gasteiger partial charge in [0.2, 0.25) is 5.91 Å². The SMILES string of the molecule is O=C(CC(O)(C(F)(F)F)C(F)(F)F)Nc1ccn(Cc2ccccc2F)n1. The van der Waals surface area contributed by atoms with E-state index in [1.54, 1.807) is 11.4 Å². The summed E-state index contributed by atoms with van der Waals surface area (Å²) in [6, 6.07) is 6.74. The van der Waals surface area contributed by atoms with Crippen LogP contribution in [0, 0.1) is 5.82 Å². The topological polar surface area (TPSA) is 67.2 Å². The lowest BCUT2D eigenvalue weighted by Gasteiger charge is -2.31. The lowest BCUT2D eigenvalue weighted by atomic mass is 9.98. The molecule has 0 saturated carbocycles. The minimum atomic E-state index is -6.10. The third-order valence-corrected chi connectivity index (χ3v) is 3.55. The lowest BCUT2D eigenvalue weighted by molar-refractivity contribution is -0.366. The standard InChI is InChI=1S/C15H12F7N3O2/c16-10-4-2-1-3-9(10)8-25-6-5-11(24-25)23-12(26)7-13(27,14(17,18)19)15(20,21)22/h1-6,27H,7-8H2,(H,23,24,26). The van der Waals surface area contributed by atoms with Crippen LogP contribution in [0.25, 0.3) is 0 Å². The van der Waals surface area contributed by atoms with Crippen molar-refractivity contribution in [1.82, 2.24) is 9.78 Å². The number of carbonyl (C=O) groups is 1. The summed E-state index contributed by atoms with van der Waals surface area (Å²) < 4.78 is 90.1. The molecule has 0 atom stereocenters. The number of aliphatic hydroxyl groups is 1. The zero-order valence-corrected chi connectivity index (χ0v) is 13.3. The van der Waals surface area contributed by atoms with Crippen molar-refractivity contribution in [1.29, 1.82) is 0 Å². The van der Waals surface area contributed by atoms with E-state index >= 15 is 0 Å². The first-order valence-corrected chi connectivity index (χ1v) is 7.26. The van der Waals surface area contributed by atoms with Crippen molar-refractivity contribution >= 4 is 11.7 Å². The average molecular weight is 399 g/mol. The van der Waals surface area contributed by atoms with Crippen molar-refractivity contribution in [2.75, 3.05) is 5.32 Å². The van der Waals surface area contributed by atoms with Crippen molar-refractivity contribution in [3.63, 3.8) is 0 Å². The predicted molar refractivity (Wildman–Crippen MR) is 78.0 cm³/mol. The Hall–Kier alpha value is -2.63. The zero-order chi connectivity index (χ0) is 20.5. The summed E-state index contributed by atoms with van der Waals surface area (Å²) in [4.78, 5) is 11.6. The van der Waals surface area contributed by atoms with Gasteiger partial charge in [0, 0.05) is 17.8 Å². The molecule has 0 saturated heterocycles. The molecule has 2 rings (SSSR count). The summed E-state index contributed by atoms with van der Waals surface area (Å²) >= 11 is 0. The molecule has 27 heavy (non-hydrogen) atoms. The van der Waals surface area contributed by atoms with Crippen molar-refractivity contribution in [2.45, 2.75) is 30.9 Å². The van der Waals surface area contributed by atoms with Gasteiger partial charge in [-0.25, -0.2) is 4.39 Å². The maximum Gasteiger partial charge on any atom is 0.426 e. The van der Waals surface area contributed by atoms with Crippen LogP contribution in [0.15, 0.2) is 36.5 Å². The second kappa shape index (κ2) is 7.18. The first kappa shape index (κ1) is 20.7. The van der Waals surface area contributed by atoms with Gasteiger partial charge in [0.1, 0.15) is 5.82 Å². The average Bonchev–Trinajstić information content (AvgIpc) is 2.94. The molecule has 0 radical (unpaired) electrons. The van der Waals surface area contributed by atoms with E-state index in [1.807, 2.05) is 0 Å². The molecule has 1 amide bonds. The summed E-state index contributed by atoms with van der Waals surface area (Å²) in [5.41, 5.74) is -4.97. The molecule has 1 aromatic carbocycles. The van der Waals surface area contributed by atoms with Gasteiger partial charge in [-0.2, -0.15) is 31.4 Å². The molecule has 0 unspecified atom stereocenters. The molecule has 5 nitrogen and oxygen atoms in total. The van der Waals surface area contributed by atoms with Gasteiger partial charge < -0.3 is 10.4 Å². The van der Waals surface area contributed by atoms with Crippen LogP contribution in [0.1, 0.15) is 12.0 Å². The maximum atomic E-state index is 13.5. The molecule has 0 fully saturated rings. The minimum Gasteiger partial charge on any atom is -0.373 e.